The molecule has 0 aromatic carbocycles. The number of hydrogen-bond acceptors (Lipinski definition) is 2. The molecular weight excluding hydrogens is 134 g/mol. The number of hydrogen-bond donors (Lipinski definition) is 2. The molecule has 0 aliphatic carbocycles. The number of β-amino-alcohol motifs (C(OH)–C–C–N with tert-alkyl or cyclic N) is 1. The quantitative estimate of drug-likeness (QED) is 0.440. The van der Waals surface area contributed by atoms with Gasteiger partial charge < -0.3 is 15.1 Å². The van der Waals surface area contributed by atoms with Gasteiger partial charge in [-0.05, 0) is 0 Å². The minimum Gasteiger partial charge on any atom is -0.465 e. The molecule has 1 saturated heterocycles. The minimum atomic E-state index is -1.21. The first-order valence-electron chi connectivity index (χ1n) is 2.75. The van der Waals surface area contributed by atoms with Gasteiger partial charge >= 0.3 is 6.09 Å². The molecule has 54 valence electrons. The fraction of sp³-hybridized carbons (Fsp3) is 0.500. The second-order valence-corrected chi connectivity index (χ2v) is 2.31. The lowest BCUT2D eigenvalue weighted by Gasteiger charge is -2.40. The largest absolute Gasteiger partial charge is 0.465 e. The highest BCUT2D eigenvalue weighted by Gasteiger charge is 2.42. The molecule has 1 aliphatic rings. The van der Waals surface area contributed by atoms with Gasteiger partial charge in [0.05, 0.1) is 13.1 Å². The molecule has 0 atom stereocenters. The molecule has 1 rings (SSSR count). The zero-order chi connectivity index (χ0) is 7.78. The molecular formula is C6H7NO3. The minimum absolute atomic E-state index is 0.0266. The average molecular weight is 141 g/mol. The Labute approximate surface area is 58.1 Å². The van der Waals surface area contributed by atoms with E-state index in [4.69, 9.17) is 16.6 Å². The Morgan fingerprint density at radius 2 is 2.20 bits per heavy atom. The summed E-state index contributed by atoms with van der Waals surface area (Å²) >= 11 is 0. The number of rotatable bonds is 0. The van der Waals surface area contributed by atoms with Gasteiger partial charge in [0.1, 0.15) is 0 Å². The van der Waals surface area contributed by atoms with Gasteiger partial charge in [-0.15, -0.1) is 6.42 Å². The summed E-state index contributed by atoms with van der Waals surface area (Å²) in [6.07, 6.45) is 3.87. The van der Waals surface area contributed by atoms with Crippen LogP contribution in [0.15, 0.2) is 0 Å². The first kappa shape index (κ1) is 6.90. The van der Waals surface area contributed by atoms with Crippen molar-refractivity contribution in [3.05, 3.63) is 0 Å². The Morgan fingerprint density at radius 1 is 1.70 bits per heavy atom. The van der Waals surface area contributed by atoms with Crippen LogP contribution in [0.3, 0.4) is 0 Å². The highest BCUT2D eigenvalue weighted by Crippen LogP contribution is 2.18. The SMILES string of the molecule is C#CC1(O)CN(C(=O)O)C1. The second-order valence-electron chi connectivity index (χ2n) is 2.31. The maximum atomic E-state index is 10.1. The number of carbonyl (C=O) groups is 1. The predicted octanol–water partition coefficient (Wildman–Crippen LogP) is -0.656. The lowest BCUT2D eigenvalue weighted by atomic mass is 9.96. The third kappa shape index (κ3) is 0.913. The summed E-state index contributed by atoms with van der Waals surface area (Å²) in [7, 11) is 0. The Bertz CT molecular complexity index is 200. The average Bonchev–Trinajstić information content (AvgIpc) is 1.80. The van der Waals surface area contributed by atoms with E-state index in [2.05, 4.69) is 5.92 Å². The maximum Gasteiger partial charge on any atom is 0.407 e. The lowest BCUT2D eigenvalue weighted by molar-refractivity contribution is -0.0406. The summed E-state index contributed by atoms with van der Waals surface area (Å²) in [4.78, 5) is 11.2. The van der Waals surface area contributed by atoms with Gasteiger partial charge in [-0.1, -0.05) is 5.92 Å². The van der Waals surface area contributed by atoms with Gasteiger partial charge in [-0.2, -0.15) is 0 Å². The van der Waals surface area contributed by atoms with Crippen molar-refractivity contribution in [3.8, 4) is 12.3 Å². The van der Waals surface area contributed by atoms with Crippen molar-refractivity contribution in [2.75, 3.05) is 13.1 Å². The van der Waals surface area contributed by atoms with Gasteiger partial charge in [0.2, 0.25) is 0 Å². The summed E-state index contributed by atoms with van der Waals surface area (Å²) in [5, 5.41) is 17.4. The molecule has 0 radical (unpaired) electrons. The summed E-state index contributed by atoms with van der Waals surface area (Å²) in [5.41, 5.74) is -1.21. The van der Waals surface area contributed by atoms with E-state index in [9.17, 15) is 4.79 Å². The summed E-state index contributed by atoms with van der Waals surface area (Å²) < 4.78 is 0. The van der Waals surface area contributed by atoms with Crippen LogP contribution in [0, 0.1) is 12.3 Å². The molecule has 1 amide bonds. The van der Waals surface area contributed by atoms with Crippen LogP contribution in [0.5, 0.6) is 0 Å². The zero-order valence-corrected chi connectivity index (χ0v) is 5.24. The highest BCUT2D eigenvalue weighted by atomic mass is 16.4. The number of terminal acetylenes is 1. The van der Waals surface area contributed by atoms with Crippen molar-refractivity contribution in [1.29, 1.82) is 0 Å². The molecule has 0 aromatic rings. The Balaban J connectivity index is 2.46. The topological polar surface area (TPSA) is 60.8 Å². The van der Waals surface area contributed by atoms with Crippen LogP contribution in [0.1, 0.15) is 0 Å². The van der Waals surface area contributed by atoms with E-state index < -0.39 is 11.7 Å². The monoisotopic (exact) mass is 141 g/mol. The van der Waals surface area contributed by atoms with Crippen LogP contribution < -0.4 is 0 Å². The molecule has 10 heavy (non-hydrogen) atoms. The first-order chi connectivity index (χ1) is 4.57. The van der Waals surface area contributed by atoms with E-state index in [1.54, 1.807) is 0 Å². The fourth-order valence-electron chi connectivity index (χ4n) is 0.812. The smallest absolute Gasteiger partial charge is 0.407 e. The highest BCUT2D eigenvalue weighted by molar-refractivity contribution is 5.67. The fourth-order valence-corrected chi connectivity index (χ4v) is 0.812. The van der Waals surface area contributed by atoms with E-state index in [0.717, 1.165) is 4.90 Å². The maximum absolute atomic E-state index is 10.1. The van der Waals surface area contributed by atoms with Crippen molar-refractivity contribution in [2.24, 2.45) is 0 Å². The van der Waals surface area contributed by atoms with Crippen molar-refractivity contribution in [3.63, 3.8) is 0 Å². The molecule has 1 aliphatic heterocycles. The first-order valence-corrected chi connectivity index (χ1v) is 2.75. The van der Waals surface area contributed by atoms with Gasteiger partial charge in [0.25, 0.3) is 0 Å². The Kier molecular flexibility index (Phi) is 1.30. The van der Waals surface area contributed by atoms with Crippen molar-refractivity contribution < 1.29 is 15.0 Å². The molecule has 0 saturated carbocycles. The van der Waals surface area contributed by atoms with Crippen LogP contribution in [0.4, 0.5) is 4.79 Å². The Hall–Kier alpha value is -1.21. The molecule has 0 bridgehead atoms. The third-order valence-corrected chi connectivity index (χ3v) is 1.44. The molecule has 0 unspecified atom stereocenters. The molecule has 0 aromatic heterocycles. The van der Waals surface area contributed by atoms with Crippen LogP contribution in [0.2, 0.25) is 0 Å². The number of carboxylic acid groups (broad SMARTS) is 1. The Morgan fingerprint density at radius 3 is 2.50 bits per heavy atom. The molecule has 4 nitrogen and oxygen atoms in total. The zero-order valence-electron chi connectivity index (χ0n) is 5.24. The van der Waals surface area contributed by atoms with Crippen molar-refractivity contribution in [2.45, 2.75) is 5.60 Å². The van der Waals surface area contributed by atoms with Gasteiger partial charge in [0.15, 0.2) is 5.60 Å². The van der Waals surface area contributed by atoms with Gasteiger partial charge in [-0.3, -0.25) is 0 Å². The van der Waals surface area contributed by atoms with Crippen LogP contribution >= 0.6 is 0 Å². The van der Waals surface area contributed by atoms with Crippen molar-refractivity contribution >= 4 is 6.09 Å². The van der Waals surface area contributed by atoms with E-state index in [1.807, 2.05) is 0 Å². The summed E-state index contributed by atoms with van der Waals surface area (Å²) in [6.45, 7) is 0.0532. The summed E-state index contributed by atoms with van der Waals surface area (Å²) in [5.74, 6) is 2.11. The van der Waals surface area contributed by atoms with E-state index in [1.165, 1.54) is 0 Å². The van der Waals surface area contributed by atoms with Crippen molar-refractivity contribution in [1.82, 2.24) is 4.90 Å². The molecule has 1 fully saturated rings. The number of amides is 1. The molecule has 0 spiro atoms. The molecule has 1 heterocycles. The molecule has 4 heteroatoms. The second kappa shape index (κ2) is 1.89. The molecule has 2 N–H and O–H groups in total. The van der Waals surface area contributed by atoms with Crippen LogP contribution in [-0.2, 0) is 0 Å². The summed E-state index contributed by atoms with van der Waals surface area (Å²) in [6, 6.07) is 0. The lowest BCUT2D eigenvalue weighted by Crippen LogP contribution is -2.62. The number of aliphatic hydroxyl groups is 1. The van der Waals surface area contributed by atoms with Crippen LogP contribution in [-0.4, -0.2) is 39.9 Å². The van der Waals surface area contributed by atoms with E-state index in [-0.39, 0.29) is 13.1 Å². The third-order valence-electron chi connectivity index (χ3n) is 1.44. The van der Waals surface area contributed by atoms with Gasteiger partial charge in [-0.25, -0.2) is 4.79 Å². The normalized spacial score (nSPS) is 21.0. The van der Waals surface area contributed by atoms with E-state index in [0.29, 0.717) is 0 Å². The number of likely N-dealkylation sites (tertiary alicyclic amines) is 1. The van der Waals surface area contributed by atoms with E-state index >= 15 is 0 Å². The van der Waals surface area contributed by atoms with Crippen LogP contribution in [0.25, 0.3) is 0 Å². The predicted molar refractivity (Wildman–Crippen MR) is 33.4 cm³/mol. The van der Waals surface area contributed by atoms with Gasteiger partial charge in [0, 0.05) is 0 Å². The number of nitrogens with zero attached hydrogens (tertiary/aromatic N) is 1. The standard InChI is InChI=1S/C6H7NO3/c1-2-6(10)3-7(4-6)5(8)9/h1,10H,3-4H2,(H,8,9).